The number of nitrogens with zero attached hydrogens (tertiary/aromatic N) is 1. The lowest BCUT2D eigenvalue weighted by Gasteiger charge is -2.30. The number of hydrogen-bond donors (Lipinski definition) is 1. The number of carbonyl (C=O) groups excluding carboxylic acids is 1. The normalized spacial score (nSPS) is 16.1. The molecule has 0 bridgehead atoms. The van der Waals surface area contributed by atoms with Crippen LogP contribution in [0.25, 0.3) is 0 Å². The molecule has 1 aliphatic heterocycles. The number of anilines is 1. The van der Waals surface area contributed by atoms with Crippen LogP contribution in [-0.4, -0.2) is 38.1 Å². The number of amides is 1. The van der Waals surface area contributed by atoms with Crippen molar-refractivity contribution in [2.24, 2.45) is 5.92 Å². The predicted octanol–water partition coefficient (Wildman–Crippen LogP) is 2.16. The van der Waals surface area contributed by atoms with Crippen LogP contribution in [0.1, 0.15) is 30.1 Å². The highest BCUT2D eigenvalue weighted by molar-refractivity contribution is 6.00. The molecular weight excluding hydrogens is 256 g/mol. The van der Waals surface area contributed by atoms with Gasteiger partial charge in [-0.2, -0.15) is 0 Å². The SMILES string of the molecule is COc1cc(N)c(C(=O)N2CCC(C)CC2)cc1OC. The van der Waals surface area contributed by atoms with Crippen LogP contribution >= 0.6 is 0 Å². The molecule has 20 heavy (non-hydrogen) atoms. The molecule has 1 aliphatic rings. The molecular formula is C15H22N2O3. The first-order valence-electron chi connectivity index (χ1n) is 6.87. The Morgan fingerprint density at radius 3 is 2.30 bits per heavy atom. The van der Waals surface area contributed by atoms with Crippen LogP contribution in [0.15, 0.2) is 12.1 Å². The maximum atomic E-state index is 12.5. The maximum Gasteiger partial charge on any atom is 0.256 e. The van der Waals surface area contributed by atoms with Crippen LogP contribution < -0.4 is 15.2 Å². The summed E-state index contributed by atoms with van der Waals surface area (Å²) in [5.74, 6) is 1.71. The van der Waals surface area contributed by atoms with Crippen LogP contribution in [0.3, 0.4) is 0 Å². The van der Waals surface area contributed by atoms with E-state index in [0.29, 0.717) is 28.7 Å². The fraction of sp³-hybridized carbons (Fsp3) is 0.533. The van der Waals surface area contributed by atoms with Crippen LogP contribution in [0.2, 0.25) is 0 Å². The number of hydrogen-bond acceptors (Lipinski definition) is 4. The van der Waals surface area contributed by atoms with Gasteiger partial charge in [0.25, 0.3) is 5.91 Å². The number of methoxy groups -OCH3 is 2. The van der Waals surface area contributed by atoms with Gasteiger partial charge in [0.05, 0.1) is 19.8 Å². The van der Waals surface area contributed by atoms with Gasteiger partial charge in [-0.15, -0.1) is 0 Å². The molecule has 1 fully saturated rings. The Morgan fingerprint density at radius 1 is 1.20 bits per heavy atom. The van der Waals surface area contributed by atoms with Crippen molar-refractivity contribution in [3.05, 3.63) is 17.7 Å². The number of nitrogens with two attached hydrogens (primary N) is 1. The van der Waals surface area contributed by atoms with Crippen LogP contribution in [0.4, 0.5) is 5.69 Å². The summed E-state index contributed by atoms with van der Waals surface area (Å²) < 4.78 is 10.4. The Kier molecular flexibility index (Phi) is 4.37. The van der Waals surface area contributed by atoms with Crippen molar-refractivity contribution in [1.82, 2.24) is 4.90 Å². The van der Waals surface area contributed by atoms with Crippen molar-refractivity contribution in [2.75, 3.05) is 33.0 Å². The lowest BCUT2D eigenvalue weighted by atomic mass is 9.98. The van der Waals surface area contributed by atoms with E-state index in [1.807, 2.05) is 4.90 Å². The number of benzene rings is 1. The standard InChI is InChI=1S/C15H22N2O3/c1-10-4-6-17(7-5-10)15(18)11-8-13(19-2)14(20-3)9-12(11)16/h8-10H,4-7,16H2,1-3H3. The van der Waals surface area contributed by atoms with E-state index in [9.17, 15) is 4.79 Å². The van der Waals surface area contributed by atoms with E-state index >= 15 is 0 Å². The Hall–Kier alpha value is -1.91. The number of nitrogen functional groups attached to an aromatic ring is 1. The van der Waals surface area contributed by atoms with Gasteiger partial charge in [0.15, 0.2) is 11.5 Å². The third kappa shape index (κ3) is 2.81. The average molecular weight is 278 g/mol. The Bertz CT molecular complexity index is 494. The quantitative estimate of drug-likeness (QED) is 0.860. The first kappa shape index (κ1) is 14.5. The molecule has 1 amide bonds. The number of carbonyl (C=O) groups is 1. The summed E-state index contributed by atoms with van der Waals surface area (Å²) in [7, 11) is 3.09. The van der Waals surface area contributed by atoms with Gasteiger partial charge in [0.2, 0.25) is 0 Å². The van der Waals surface area contributed by atoms with Crippen LogP contribution in [-0.2, 0) is 0 Å². The zero-order chi connectivity index (χ0) is 14.7. The van der Waals surface area contributed by atoms with Crippen molar-refractivity contribution in [3.8, 4) is 11.5 Å². The van der Waals surface area contributed by atoms with Crippen molar-refractivity contribution in [1.29, 1.82) is 0 Å². The average Bonchev–Trinajstić information content (AvgIpc) is 2.47. The van der Waals surface area contributed by atoms with E-state index in [2.05, 4.69) is 6.92 Å². The molecule has 0 unspecified atom stereocenters. The van der Waals surface area contributed by atoms with E-state index in [1.54, 1.807) is 26.4 Å². The molecule has 1 aromatic carbocycles. The minimum absolute atomic E-state index is 0.0321. The fourth-order valence-corrected chi connectivity index (χ4v) is 2.46. The van der Waals surface area contributed by atoms with Crippen molar-refractivity contribution < 1.29 is 14.3 Å². The Morgan fingerprint density at radius 2 is 1.75 bits per heavy atom. The van der Waals surface area contributed by atoms with Crippen molar-refractivity contribution in [2.45, 2.75) is 19.8 Å². The monoisotopic (exact) mass is 278 g/mol. The second-order valence-corrected chi connectivity index (χ2v) is 5.27. The van der Waals surface area contributed by atoms with Gasteiger partial charge in [-0.05, 0) is 24.8 Å². The number of ether oxygens (including phenoxy) is 2. The van der Waals surface area contributed by atoms with E-state index < -0.39 is 0 Å². The van der Waals surface area contributed by atoms with Gasteiger partial charge in [-0.3, -0.25) is 4.79 Å². The highest BCUT2D eigenvalue weighted by Crippen LogP contribution is 2.33. The van der Waals surface area contributed by atoms with Gasteiger partial charge in [-0.1, -0.05) is 6.92 Å². The molecule has 0 radical (unpaired) electrons. The van der Waals surface area contributed by atoms with Crippen molar-refractivity contribution >= 4 is 11.6 Å². The lowest BCUT2D eigenvalue weighted by molar-refractivity contribution is 0.0698. The summed E-state index contributed by atoms with van der Waals surface area (Å²) in [6.07, 6.45) is 2.08. The zero-order valence-electron chi connectivity index (χ0n) is 12.3. The molecule has 2 N–H and O–H groups in total. The van der Waals surface area contributed by atoms with E-state index in [1.165, 1.54) is 0 Å². The fourth-order valence-electron chi connectivity index (χ4n) is 2.46. The molecule has 110 valence electrons. The molecule has 0 aromatic heterocycles. The van der Waals surface area contributed by atoms with Gasteiger partial charge in [0.1, 0.15) is 0 Å². The summed E-state index contributed by atoms with van der Waals surface area (Å²) in [5, 5.41) is 0. The van der Waals surface area contributed by atoms with Crippen LogP contribution in [0.5, 0.6) is 11.5 Å². The van der Waals surface area contributed by atoms with Gasteiger partial charge in [0, 0.05) is 24.8 Å². The van der Waals surface area contributed by atoms with E-state index in [4.69, 9.17) is 15.2 Å². The molecule has 1 aromatic rings. The maximum absolute atomic E-state index is 12.5. The molecule has 0 spiro atoms. The Labute approximate surface area is 119 Å². The molecule has 0 atom stereocenters. The molecule has 5 nitrogen and oxygen atoms in total. The topological polar surface area (TPSA) is 64.8 Å². The van der Waals surface area contributed by atoms with Crippen molar-refractivity contribution in [3.63, 3.8) is 0 Å². The van der Waals surface area contributed by atoms with Gasteiger partial charge >= 0.3 is 0 Å². The predicted molar refractivity (Wildman–Crippen MR) is 78.3 cm³/mol. The van der Waals surface area contributed by atoms with Gasteiger partial charge < -0.3 is 20.1 Å². The number of likely N-dealkylation sites (tertiary alicyclic amines) is 1. The summed E-state index contributed by atoms with van der Waals surface area (Å²) in [4.78, 5) is 14.4. The first-order valence-corrected chi connectivity index (χ1v) is 6.87. The minimum Gasteiger partial charge on any atom is -0.493 e. The summed E-state index contributed by atoms with van der Waals surface area (Å²) in [6, 6.07) is 3.30. The smallest absolute Gasteiger partial charge is 0.256 e. The molecule has 0 saturated carbocycles. The highest BCUT2D eigenvalue weighted by Gasteiger charge is 2.24. The molecule has 1 heterocycles. The molecule has 0 aliphatic carbocycles. The van der Waals surface area contributed by atoms with Gasteiger partial charge in [-0.25, -0.2) is 0 Å². The summed E-state index contributed by atoms with van der Waals surface area (Å²) >= 11 is 0. The minimum atomic E-state index is -0.0321. The van der Waals surface area contributed by atoms with E-state index in [-0.39, 0.29) is 5.91 Å². The van der Waals surface area contributed by atoms with E-state index in [0.717, 1.165) is 25.9 Å². The van der Waals surface area contributed by atoms with Crippen LogP contribution in [0, 0.1) is 5.92 Å². The largest absolute Gasteiger partial charge is 0.493 e. The first-order chi connectivity index (χ1) is 9.56. The lowest BCUT2D eigenvalue weighted by Crippen LogP contribution is -2.38. The Balaban J connectivity index is 2.25. The molecule has 5 heteroatoms. The number of rotatable bonds is 3. The summed E-state index contributed by atoms with van der Waals surface area (Å²) in [5.41, 5.74) is 6.88. The third-order valence-corrected chi connectivity index (χ3v) is 3.86. The highest BCUT2D eigenvalue weighted by atomic mass is 16.5. The number of piperidine rings is 1. The summed E-state index contributed by atoms with van der Waals surface area (Å²) in [6.45, 7) is 3.79. The molecule has 1 saturated heterocycles. The third-order valence-electron chi connectivity index (χ3n) is 3.86. The second-order valence-electron chi connectivity index (χ2n) is 5.27. The second kappa shape index (κ2) is 6.03. The zero-order valence-corrected chi connectivity index (χ0v) is 12.3. The molecule has 2 rings (SSSR count).